The molecule has 0 aliphatic heterocycles. The predicted molar refractivity (Wildman–Crippen MR) is 79.8 cm³/mol. The molecule has 3 N–H and O–H groups in total. The summed E-state index contributed by atoms with van der Waals surface area (Å²) >= 11 is 0. The average molecular weight is 271 g/mol. The molecule has 104 valence electrons. The topological polar surface area (TPSA) is 84.1 Å². The number of nitrogens with two attached hydrogens (primary N) is 1. The van der Waals surface area contributed by atoms with E-state index in [2.05, 4.69) is 27.1 Å². The average Bonchev–Trinajstić information content (AvgIpc) is 2.47. The van der Waals surface area contributed by atoms with Crippen molar-refractivity contribution in [3.8, 4) is 0 Å². The lowest BCUT2D eigenvalue weighted by Crippen LogP contribution is -2.18. The zero-order valence-corrected chi connectivity index (χ0v) is 11.5. The van der Waals surface area contributed by atoms with E-state index in [-0.39, 0.29) is 17.4 Å². The Labute approximate surface area is 117 Å². The van der Waals surface area contributed by atoms with Crippen molar-refractivity contribution in [2.45, 2.75) is 6.92 Å². The van der Waals surface area contributed by atoms with E-state index >= 15 is 0 Å². The second-order valence-electron chi connectivity index (χ2n) is 4.31. The number of hydrogen-bond donors (Lipinski definition) is 2. The standard InChI is InChI=1S/C14H17N5O/c1-3-19(2)11-6-4-5-10(9-11)18-14(20)12-13(15)17-8-7-16-12/h4-9H,3H2,1-2H3,(H2,15,17)(H,18,20). The Bertz CT molecular complexity index is 614. The fourth-order valence-corrected chi connectivity index (χ4v) is 1.72. The summed E-state index contributed by atoms with van der Waals surface area (Å²) in [6.07, 6.45) is 2.88. The van der Waals surface area contributed by atoms with Crippen LogP contribution in [0.15, 0.2) is 36.7 Å². The molecule has 0 saturated heterocycles. The van der Waals surface area contributed by atoms with Gasteiger partial charge in [0.2, 0.25) is 0 Å². The van der Waals surface area contributed by atoms with Crippen LogP contribution < -0.4 is 16.0 Å². The van der Waals surface area contributed by atoms with Gasteiger partial charge in [-0.3, -0.25) is 4.79 Å². The van der Waals surface area contributed by atoms with Gasteiger partial charge < -0.3 is 16.0 Å². The van der Waals surface area contributed by atoms with Crippen LogP contribution in [0.4, 0.5) is 17.2 Å². The number of anilines is 3. The predicted octanol–water partition coefficient (Wildman–Crippen LogP) is 1.77. The number of nitrogen functional groups attached to an aromatic ring is 1. The van der Waals surface area contributed by atoms with Crippen LogP contribution in [-0.4, -0.2) is 29.5 Å². The van der Waals surface area contributed by atoms with Gasteiger partial charge in [-0.05, 0) is 25.1 Å². The van der Waals surface area contributed by atoms with Gasteiger partial charge in [0.05, 0.1) is 0 Å². The molecular weight excluding hydrogens is 254 g/mol. The summed E-state index contributed by atoms with van der Waals surface area (Å²) in [4.78, 5) is 21.9. The molecule has 2 rings (SSSR count). The Kier molecular flexibility index (Phi) is 4.14. The Balaban J connectivity index is 2.18. The number of carbonyl (C=O) groups is 1. The highest BCUT2D eigenvalue weighted by molar-refractivity contribution is 6.05. The van der Waals surface area contributed by atoms with Gasteiger partial charge in [0.1, 0.15) is 0 Å². The molecule has 1 heterocycles. The highest BCUT2D eigenvalue weighted by Gasteiger charge is 2.12. The number of aromatic nitrogens is 2. The molecule has 0 aliphatic rings. The van der Waals surface area contributed by atoms with E-state index in [4.69, 9.17) is 5.73 Å². The maximum absolute atomic E-state index is 12.1. The highest BCUT2D eigenvalue weighted by atomic mass is 16.1. The van der Waals surface area contributed by atoms with E-state index in [0.29, 0.717) is 5.69 Å². The summed E-state index contributed by atoms with van der Waals surface area (Å²) in [5.74, 6) is -0.251. The number of nitrogens with zero attached hydrogens (tertiary/aromatic N) is 3. The first-order chi connectivity index (χ1) is 9.61. The summed E-state index contributed by atoms with van der Waals surface area (Å²) in [5, 5.41) is 2.77. The number of nitrogens with one attached hydrogen (secondary N) is 1. The first-order valence-corrected chi connectivity index (χ1v) is 6.31. The van der Waals surface area contributed by atoms with Gasteiger partial charge in [0, 0.05) is 37.4 Å². The van der Waals surface area contributed by atoms with E-state index in [1.807, 2.05) is 31.3 Å². The third-order valence-electron chi connectivity index (χ3n) is 2.96. The van der Waals surface area contributed by atoms with E-state index in [0.717, 1.165) is 12.2 Å². The number of rotatable bonds is 4. The zero-order valence-electron chi connectivity index (χ0n) is 11.5. The highest BCUT2D eigenvalue weighted by Crippen LogP contribution is 2.19. The molecule has 1 amide bonds. The molecule has 1 aromatic heterocycles. The minimum Gasteiger partial charge on any atom is -0.382 e. The number of benzene rings is 1. The molecule has 20 heavy (non-hydrogen) atoms. The first-order valence-electron chi connectivity index (χ1n) is 6.31. The van der Waals surface area contributed by atoms with Gasteiger partial charge in [-0.25, -0.2) is 9.97 Å². The Morgan fingerprint density at radius 3 is 2.80 bits per heavy atom. The van der Waals surface area contributed by atoms with Crippen LogP contribution >= 0.6 is 0 Å². The lowest BCUT2D eigenvalue weighted by atomic mass is 10.2. The summed E-state index contributed by atoms with van der Waals surface area (Å²) in [6, 6.07) is 7.58. The molecule has 0 bridgehead atoms. The van der Waals surface area contributed by atoms with Crippen LogP contribution in [0.5, 0.6) is 0 Å². The van der Waals surface area contributed by atoms with Crippen molar-refractivity contribution < 1.29 is 4.79 Å². The maximum atomic E-state index is 12.1. The van der Waals surface area contributed by atoms with Crippen molar-refractivity contribution in [2.75, 3.05) is 29.5 Å². The van der Waals surface area contributed by atoms with Gasteiger partial charge in [0.15, 0.2) is 11.5 Å². The van der Waals surface area contributed by atoms with Gasteiger partial charge in [-0.1, -0.05) is 6.07 Å². The van der Waals surface area contributed by atoms with E-state index in [9.17, 15) is 4.79 Å². The molecule has 0 fully saturated rings. The minimum absolute atomic E-state index is 0.117. The SMILES string of the molecule is CCN(C)c1cccc(NC(=O)c2nccnc2N)c1. The summed E-state index contributed by atoms with van der Waals surface area (Å²) in [6.45, 7) is 2.94. The Hall–Kier alpha value is -2.63. The maximum Gasteiger partial charge on any atom is 0.278 e. The van der Waals surface area contributed by atoms with Crippen molar-refractivity contribution in [3.05, 3.63) is 42.4 Å². The molecule has 0 saturated carbocycles. The summed E-state index contributed by atoms with van der Waals surface area (Å²) in [5.41, 5.74) is 7.48. The molecular formula is C14H17N5O. The number of hydrogen-bond acceptors (Lipinski definition) is 5. The van der Waals surface area contributed by atoms with Crippen LogP contribution in [0.25, 0.3) is 0 Å². The zero-order chi connectivity index (χ0) is 14.5. The number of amides is 1. The quantitative estimate of drug-likeness (QED) is 0.885. The first kappa shape index (κ1) is 13.8. The van der Waals surface area contributed by atoms with Crippen molar-refractivity contribution in [2.24, 2.45) is 0 Å². The molecule has 0 atom stereocenters. The van der Waals surface area contributed by atoms with Crippen molar-refractivity contribution in [3.63, 3.8) is 0 Å². The Morgan fingerprint density at radius 2 is 2.10 bits per heavy atom. The second kappa shape index (κ2) is 6.01. The van der Waals surface area contributed by atoms with Gasteiger partial charge in [-0.2, -0.15) is 0 Å². The van der Waals surface area contributed by atoms with E-state index < -0.39 is 0 Å². The lowest BCUT2D eigenvalue weighted by Gasteiger charge is -2.17. The van der Waals surface area contributed by atoms with Gasteiger partial charge in [-0.15, -0.1) is 0 Å². The molecule has 1 aromatic carbocycles. The van der Waals surface area contributed by atoms with Gasteiger partial charge >= 0.3 is 0 Å². The molecule has 2 aromatic rings. The van der Waals surface area contributed by atoms with Crippen LogP contribution in [-0.2, 0) is 0 Å². The monoisotopic (exact) mass is 271 g/mol. The van der Waals surface area contributed by atoms with Crippen molar-refractivity contribution in [1.82, 2.24) is 9.97 Å². The lowest BCUT2D eigenvalue weighted by molar-refractivity contribution is 0.102. The molecule has 6 nitrogen and oxygen atoms in total. The van der Waals surface area contributed by atoms with E-state index in [1.54, 1.807) is 0 Å². The van der Waals surface area contributed by atoms with Crippen molar-refractivity contribution >= 4 is 23.1 Å². The molecule has 0 spiro atoms. The van der Waals surface area contributed by atoms with Crippen molar-refractivity contribution in [1.29, 1.82) is 0 Å². The van der Waals surface area contributed by atoms with Crippen LogP contribution in [0.2, 0.25) is 0 Å². The third kappa shape index (κ3) is 3.03. The fourth-order valence-electron chi connectivity index (χ4n) is 1.72. The van der Waals surface area contributed by atoms with Crippen LogP contribution in [0.1, 0.15) is 17.4 Å². The normalized spacial score (nSPS) is 10.1. The number of carbonyl (C=O) groups excluding carboxylic acids is 1. The Morgan fingerprint density at radius 1 is 1.35 bits per heavy atom. The molecule has 0 unspecified atom stereocenters. The van der Waals surface area contributed by atoms with Crippen LogP contribution in [0.3, 0.4) is 0 Å². The fraction of sp³-hybridized carbons (Fsp3) is 0.214. The van der Waals surface area contributed by atoms with E-state index in [1.165, 1.54) is 12.4 Å². The largest absolute Gasteiger partial charge is 0.382 e. The van der Waals surface area contributed by atoms with Crippen LogP contribution in [0, 0.1) is 0 Å². The summed E-state index contributed by atoms with van der Waals surface area (Å²) < 4.78 is 0. The van der Waals surface area contributed by atoms with Gasteiger partial charge in [0.25, 0.3) is 5.91 Å². The summed E-state index contributed by atoms with van der Waals surface area (Å²) in [7, 11) is 1.99. The smallest absolute Gasteiger partial charge is 0.278 e. The minimum atomic E-state index is -0.369. The molecule has 6 heteroatoms. The third-order valence-corrected chi connectivity index (χ3v) is 2.96. The second-order valence-corrected chi connectivity index (χ2v) is 4.31. The molecule has 0 radical (unpaired) electrons. The molecule has 0 aliphatic carbocycles.